The van der Waals surface area contributed by atoms with Crippen molar-refractivity contribution in [1.82, 2.24) is 19.6 Å². The summed E-state index contributed by atoms with van der Waals surface area (Å²) in [5.74, 6) is 0.322. The third kappa shape index (κ3) is 3.52. The van der Waals surface area contributed by atoms with Gasteiger partial charge in [0.05, 0.1) is 22.9 Å². The number of rotatable bonds is 5. The van der Waals surface area contributed by atoms with Crippen molar-refractivity contribution in [1.29, 1.82) is 0 Å². The second-order valence-corrected chi connectivity index (χ2v) is 7.58. The van der Waals surface area contributed by atoms with Crippen LogP contribution in [-0.2, 0) is 13.2 Å². The average Bonchev–Trinajstić information content (AvgIpc) is 3.50. The molecule has 0 saturated heterocycles. The van der Waals surface area contributed by atoms with E-state index in [2.05, 4.69) is 15.3 Å². The molecule has 2 aromatic heterocycles. The zero-order valence-corrected chi connectivity index (χ0v) is 16.4. The Labute approximate surface area is 169 Å². The number of nitrogens with zero attached hydrogens (tertiary/aromatic N) is 4. The van der Waals surface area contributed by atoms with Gasteiger partial charge in [0.2, 0.25) is 0 Å². The van der Waals surface area contributed by atoms with Crippen LogP contribution in [0.5, 0.6) is 0 Å². The lowest BCUT2D eigenvalue weighted by atomic mass is 10.0. The van der Waals surface area contributed by atoms with Crippen LogP contribution in [0.25, 0.3) is 22.0 Å². The molecule has 0 amide bonds. The zero-order valence-electron chi connectivity index (χ0n) is 16.4. The normalized spacial score (nSPS) is 15.6. The summed E-state index contributed by atoms with van der Waals surface area (Å²) in [7, 11) is 3.14. The minimum Gasteiger partial charge on any atom is -0.367 e. The minimum atomic E-state index is -4.43. The van der Waals surface area contributed by atoms with Crippen LogP contribution in [0.1, 0.15) is 18.4 Å². The molecule has 1 fully saturated rings. The standard InChI is InChI=1S/C20H20F3N5O2/c1-27-11-26-16-14(12-3-5-13(6-4-12)20(21,22)23)9-24-17(15(16)18(27)29)25-10-19(7-8-19)28(2)30/h3-6,9,11,30H,7-8,10H2,1-2H3,(H,24,25). The molecule has 0 atom stereocenters. The molecule has 3 aromatic rings. The SMILES string of the molecule is CN(O)C1(CNc2ncc(-c3ccc(C(F)(F)F)cc3)c3ncn(C)c(=O)c23)CC1. The summed E-state index contributed by atoms with van der Waals surface area (Å²) < 4.78 is 39.9. The van der Waals surface area contributed by atoms with Crippen LogP contribution in [0.3, 0.4) is 0 Å². The van der Waals surface area contributed by atoms with Gasteiger partial charge in [0.25, 0.3) is 5.56 Å². The van der Waals surface area contributed by atoms with Crippen LogP contribution in [0.4, 0.5) is 19.0 Å². The van der Waals surface area contributed by atoms with E-state index in [1.54, 1.807) is 14.1 Å². The van der Waals surface area contributed by atoms with E-state index in [1.165, 1.54) is 29.2 Å². The molecular formula is C20H20F3N5O2. The molecule has 7 nitrogen and oxygen atoms in total. The monoisotopic (exact) mass is 419 g/mol. The molecule has 158 valence electrons. The lowest BCUT2D eigenvalue weighted by Gasteiger charge is -2.22. The van der Waals surface area contributed by atoms with E-state index in [-0.39, 0.29) is 10.9 Å². The fourth-order valence-corrected chi connectivity index (χ4v) is 3.40. The van der Waals surface area contributed by atoms with Crippen LogP contribution in [-0.4, -0.2) is 43.9 Å². The van der Waals surface area contributed by atoms with E-state index in [0.717, 1.165) is 30.0 Å². The highest BCUT2D eigenvalue weighted by Gasteiger charge is 2.46. The van der Waals surface area contributed by atoms with E-state index in [1.807, 2.05) is 0 Å². The van der Waals surface area contributed by atoms with Gasteiger partial charge in [-0.3, -0.25) is 4.79 Å². The summed E-state index contributed by atoms with van der Waals surface area (Å²) in [6.45, 7) is 0.389. The molecule has 1 aliphatic rings. The number of pyridine rings is 1. The first-order valence-corrected chi connectivity index (χ1v) is 9.31. The number of nitrogens with one attached hydrogen (secondary N) is 1. The highest BCUT2D eigenvalue weighted by atomic mass is 19.4. The first-order valence-electron chi connectivity index (χ1n) is 9.31. The fourth-order valence-electron chi connectivity index (χ4n) is 3.40. The Balaban J connectivity index is 1.78. The summed E-state index contributed by atoms with van der Waals surface area (Å²) >= 11 is 0. The number of fused-ring (bicyclic) bond motifs is 1. The maximum atomic E-state index is 12.9. The van der Waals surface area contributed by atoms with Crippen LogP contribution in [0, 0.1) is 0 Å². The van der Waals surface area contributed by atoms with E-state index in [9.17, 15) is 23.2 Å². The molecule has 1 aliphatic carbocycles. The lowest BCUT2D eigenvalue weighted by Crippen LogP contribution is -2.37. The number of alkyl halides is 3. The van der Waals surface area contributed by atoms with Crippen LogP contribution >= 0.6 is 0 Å². The Hall–Kier alpha value is -2.98. The summed E-state index contributed by atoms with van der Waals surface area (Å²) in [4.78, 5) is 21.5. The maximum absolute atomic E-state index is 12.9. The number of anilines is 1. The minimum absolute atomic E-state index is 0.244. The van der Waals surface area contributed by atoms with Gasteiger partial charge in [-0.1, -0.05) is 12.1 Å². The molecular weight excluding hydrogens is 399 g/mol. The molecule has 30 heavy (non-hydrogen) atoms. The van der Waals surface area contributed by atoms with Gasteiger partial charge >= 0.3 is 6.18 Å². The van der Waals surface area contributed by atoms with Crippen LogP contribution in [0.2, 0.25) is 0 Å². The van der Waals surface area contributed by atoms with Crippen molar-refractivity contribution in [2.75, 3.05) is 18.9 Å². The lowest BCUT2D eigenvalue weighted by molar-refractivity contribution is -0.137. The Morgan fingerprint density at radius 3 is 2.47 bits per heavy atom. The number of hydrogen-bond acceptors (Lipinski definition) is 6. The van der Waals surface area contributed by atoms with E-state index < -0.39 is 17.3 Å². The predicted molar refractivity (Wildman–Crippen MR) is 105 cm³/mol. The molecule has 0 bridgehead atoms. The largest absolute Gasteiger partial charge is 0.416 e. The van der Waals surface area contributed by atoms with Gasteiger partial charge in [-0.15, -0.1) is 0 Å². The molecule has 0 unspecified atom stereocenters. The summed E-state index contributed by atoms with van der Waals surface area (Å²) in [5.41, 5.74) is -0.200. The summed E-state index contributed by atoms with van der Waals surface area (Å²) in [6, 6.07) is 4.65. The third-order valence-electron chi connectivity index (χ3n) is 5.57. The molecule has 0 radical (unpaired) electrons. The highest BCUT2D eigenvalue weighted by molar-refractivity contribution is 5.98. The molecule has 0 spiro atoms. The molecule has 2 N–H and O–H groups in total. The number of aryl methyl sites for hydroxylation is 1. The van der Waals surface area contributed by atoms with Gasteiger partial charge in [0.1, 0.15) is 11.2 Å². The molecule has 1 aromatic carbocycles. The van der Waals surface area contributed by atoms with Gasteiger partial charge < -0.3 is 15.1 Å². The smallest absolute Gasteiger partial charge is 0.367 e. The Bertz CT molecular complexity index is 1150. The predicted octanol–water partition coefficient (Wildman–Crippen LogP) is 3.28. The Morgan fingerprint density at radius 1 is 1.23 bits per heavy atom. The number of aromatic nitrogens is 3. The van der Waals surface area contributed by atoms with Gasteiger partial charge in [-0.25, -0.2) is 9.97 Å². The van der Waals surface area contributed by atoms with Crippen molar-refractivity contribution in [3.63, 3.8) is 0 Å². The number of hydroxylamine groups is 2. The van der Waals surface area contributed by atoms with Crippen molar-refractivity contribution in [3.8, 4) is 11.1 Å². The van der Waals surface area contributed by atoms with Gasteiger partial charge in [-0.2, -0.15) is 18.2 Å². The van der Waals surface area contributed by atoms with Crippen LogP contribution in [0.15, 0.2) is 41.6 Å². The molecule has 1 saturated carbocycles. The maximum Gasteiger partial charge on any atom is 0.416 e. The topological polar surface area (TPSA) is 83.3 Å². The summed E-state index contributed by atoms with van der Waals surface area (Å²) in [6.07, 6.45) is 0.0446. The Kier molecular flexibility index (Phi) is 4.78. The Morgan fingerprint density at radius 2 is 1.90 bits per heavy atom. The second-order valence-electron chi connectivity index (χ2n) is 7.58. The first-order chi connectivity index (χ1) is 14.1. The molecule has 2 heterocycles. The third-order valence-corrected chi connectivity index (χ3v) is 5.57. The number of halogens is 3. The molecule has 4 rings (SSSR count). The average molecular weight is 419 g/mol. The quantitative estimate of drug-likeness (QED) is 0.618. The van der Waals surface area contributed by atoms with Crippen molar-refractivity contribution in [3.05, 3.63) is 52.7 Å². The molecule has 0 aliphatic heterocycles. The number of hydrogen-bond donors (Lipinski definition) is 2. The second kappa shape index (κ2) is 7.06. The van der Waals surface area contributed by atoms with Crippen molar-refractivity contribution < 1.29 is 18.4 Å². The fraction of sp³-hybridized carbons (Fsp3) is 0.350. The van der Waals surface area contributed by atoms with Crippen molar-refractivity contribution in [2.45, 2.75) is 24.6 Å². The first kappa shape index (κ1) is 20.3. The van der Waals surface area contributed by atoms with Gasteiger partial charge in [0, 0.05) is 32.4 Å². The van der Waals surface area contributed by atoms with Gasteiger partial charge in [-0.05, 0) is 30.5 Å². The van der Waals surface area contributed by atoms with E-state index in [4.69, 9.17) is 0 Å². The van der Waals surface area contributed by atoms with E-state index >= 15 is 0 Å². The summed E-state index contributed by atoms with van der Waals surface area (Å²) in [5, 5.41) is 14.4. The van der Waals surface area contributed by atoms with Crippen LogP contribution < -0.4 is 10.9 Å². The van der Waals surface area contributed by atoms with E-state index in [0.29, 0.717) is 29.0 Å². The van der Waals surface area contributed by atoms with Crippen molar-refractivity contribution >= 4 is 16.7 Å². The van der Waals surface area contributed by atoms with Gasteiger partial charge in [0.15, 0.2) is 0 Å². The number of benzene rings is 1. The highest BCUT2D eigenvalue weighted by Crippen LogP contribution is 2.40. The molecule has 10 heteroatoms. The van der Waals surface area contributed by atoms with Crippen molar-refractivity contribution in [2.24, 2.45) is 7.05 Å². The zero-order chi connectivity index (χ0) is 21.7. The number of likely N-dealkylation sites (N-methyl/N-ethyl adjacent to an activating group) is 1.